The number of oxazole rings is 1. The van der Waals surface area contributed by atoms with E-state index in [0.717, 1.165) is 46.2 Å². The second-order valence-corrected chi connectivity index (χ2v) is 12.2. The number of carbonyl (C=O) groups is 2. The van der Waals surface area contributed by atoms with Crippen molar-refractivity contribution in [3.8, 4) is 0 Å². The molecule has 206 valence electrons. The number of halogens is 1. The molecule has 5 aromatic rings. The van der Waals surface area contributed by atoms with Crippen molar-refractivity contribution in [2.45, 2.75) is 25.7 Å². The van der Waals surface area contributed by atoms with Gasteiger partial charge in [0.2, 0.25) is 5.91 Å². The maximum Gasteiger partial charge on any atom is 0.265 e. The van der Waals surface area contributed by atoms with Gasteiger partial charge in [0.05, 0.1) is 9.58 Å². The van der Waals surface area contributed by atoms with E-state index in [0.29, 0.717) is 40.4 Å². The topological polar surface area (TPSA) is 91.6 Å². The largest absolute Gasteiger partial charge is 0.441 e. The Balaban J connectivity index is 1.08. The maximum absolute atomic E-state index is 13.1. The number of amides is 2. The molecule has 11 heteroatoms. The number of benzene rings is 2. The fraction of sp³-hybridized carbons (Fsp3) is 0.310. The SMILES string of the molecule is CN(C)C(=O)C1CCN(c2nc3sc(C(=O)Nc4ccc5oc(CCc6ccc(F)cc6)nc5c4)cc3s2)CC1. The molecule has 6 rings (SSSR count). The summed E-state index contributed by atoms with van der Waals surface area (Å²) in [5, 5.41) is 3.90. The molecule has 1 saturated heterocycles. The second kappa shape index (κ2) is 11.0. The van der Waals surface area contributed by atoms with Crippen molar-refractivity contribution in [1.29, 1.82) is 0 Å². The van der Waals surface area contributed by atoms with Gasteiger partial charge >= 0.3 is 0 Å². The van der Waals surface area contributed by atoms with Gasteiger partial charge < -0.3 is 19.5 Å². The fourth-order valence-corrected chi connectivity index (χ4v) is 7.07. The zero-order valence-electron chi connectivity index (χ0n) is 22.1. The van der Waals surface area contributed by atoms with Gasteiger partial charge in [0.25, 0.3) is 5.91 Å². The Hall–Kier alpha value is -3.83. The molecule has 0 unspecified atom stereocenters. The molecule has 0 spiro atoms. The molecule has 0 atom stereocenters. The van der Waals surface area contributed by atoms with Crippen molar-refractivity contribution in [2.24, 2.45) is 5.92 Å². The van der Waals surface area contributed by atoms with Crippen LogP contribution in [0.5, 0.6) is 0 Å². The summed E-state index contributed by atoms with van der Waals surface area (Å²) >= 11 is 2.96. The van der Waals surface area contributed by atoms with E-state index in [1.807, 2.05) is 6.07 Å². The average molecular weight is 578 g/mol. The molecule has 1 aliphatic heterocycles. The molecule has 1 aliphatic rings. The molecule has 2 aromatic carbocycles. The summed E-state index contributed by atoms with van der Waals surface area (Å²) in [5.41, 5.74) is 2.96. The number of thiophene rings is 1. The van der Waals surface area contributed by atoms with Gasteiger partial charge in [-0.15, -0.1) is 11.3 Å². The van der Waals surface area contributed by atoms with Gasteiger partial charge in [0, 0.05) is 45.2 Å². The van der Waals surface area contributed by atoms with Gasteiger partial charge in [-0.3, -0.25) is 9.59 Å². The number of hydrogen-bond acceptors (Lipinski definition) is 8. The number of fused-ring (bicyclic) bond motifs is 2. The number of aromatic nitrogens is 2. The van der Waals surface area contributed by atoms with Crippen LogP contribution in [0, 0.1) is 11.7 Å². The predicted molar refractivity (Wildman–Crippen MR) is 157 cm³/mol. The van der Waals surface area contributed by atoms with Crippen LogP contribution < -0.4 is 10.2 Å². The Bertz CT molecular complexity index is 1650. The van der Waals surface area contributed by atoms with E-state index in [1.165, 1.54) is 23.5 Å². The van der Waals surface area contributed by atoms with Crippen molar-refractivity contribution in [3.63, 3.8) is 0 Å². The molecule has 8 nitrogen and oxygen atoms in total. The zero-order valence-corrected chi connectivity index (χ0v) is 23.8. The summed E-state index contributed by atoms with van der Waals surface area (Å²) in [7, 11) is 3.61. The highest BCUT2D eigenvalue weighted by Crippen LogP contribution is 2.36. The first-order valence-corrected chi connectivity index (χ1v) is 14.8. The molecule has 1 fully saturated rings. The lowest BCUT2D eigenvalue weighted by atomic mass is 9.96. The summed E-state index contributed by atoms with van der Waals surface area (Å²) in [5.74, 6) is 0.415. The minimum atomic E-state index is -0.255. The lowest BCUT2D eigenvalue weighted by molar-refractivity contribution is -0.133. The number of nitrogens with one attached hydrogen (secondary N) is 1. The molecule has 2 amide bonds. The van der Waals surface area contributed by atoms with Crippen molar-refractivity contribution in [3.05, 3.63) is 70.7 Å². The quantitative estimate of drug-likeness (QED) is 0.256. The van der Waals surface area contributed by atoms with Gasteiger partial charge in [0.1, 0.15) is 16.2 Å². The standard InChI is InChI=1S/C29H28FN5O3S2/c1-34(2)28(37)18-11-13-35(14-12-18)29-33-27-24(40-29)16-23(39-27)26(36)31-20-8-9-22-21(15-20)32-25(38-22)10-5-17-3-6-19(30)7-4-17/h3-4,6-9,15-16,18H,5,10-14H2,1-2H3,(H,31,36). The lowest BCUT2D eigenvalue weighted by Crippen LogP contribution is -2.40. The summed E-state index contributed by atoms with van der Waals surface area (Å²) in [6.45, 7) is 1.60. The van der Waals surface area contributed by atoms with Crippen molar-refractivity contribution < 1.29 is 18.4 Å². The number of piperidine rings is 1. The molecule has 0 bridgehead atoms. The molecular weight excluding hydrogens is 549 g/mol. The van der Waals surface area contributed by atoms with Crippen LogP contribution in [0.3, 0.4) is 0 Å². The Morgan fingerprint density at radius 3 is 2.55 bits per heavy atom. The van der Waals surface area contributed by atoms with Crippen LogP contribution in [0.25, 0.3) is 20.6 Å². The van der Waals surface area contributed by atoms with Crippen LogP contribution in [-0.2, 0) is 17.6 Å². The molecule has 1 N–H and O–H groups in total. The van der Waals surface area contributed by atoms with E-state index in [1.54, 1.807) is 60.7 Å². The lowest BCUT2D eigenvalue weighted by Gasteiger charge is -2.32. The van der Waals surface area contributed by atoms with Crippen LogP contribution in [0.2, 0.25) is 0 Å². The monoisotopic (exact) mass is 577 g/mol. The van der Waals surface area contributed by atoms with Crippen LogP contribution in [-0.4, -0.2) is 53.9 Å². The Morgan fingerprint density at radius 1 is 1.05 bits per heavy atom. The summed E-state index contributed by atoms with van der Waals surface area (Å²) in [6.07, 6.45) is 2.93. The third-order valence-corrected chi connectivity index (χ3v) is 9.31. The highest BCUT2D eigenvalue weighted by Gasteiger charge is 2.28. The van der Waals surface area contributed by atoms with Crippen LogP contribution in [0.15, 0.2) is 52.9 Å². The number of aryl methyl sites for hydroxylation is 2. The Kier molecular flexibility index (Phi) is 7.24. The molecule has 0 aliphatic carbocycles. The maximum atomic E-state index is 13.1. The number of anilines is 2. The molecule has 40 heavy (non-hydrogen) atoms. The second-order valence-electron chi connectivity index (χ2n) is 10.1. The molecule has 3 aromatic heterocycles. The van der Waals surface area contributed by atoms with E-state index >= 15 is 0 Å². The highest BCUT2D eigenvalue weighted by atomic mass is 32.1. The van der Waals surface area contributed by atoms with Gasteiger partial charge in [-0.1, -0.05) is 23.5 Å². The Morgan fingerprint density at radius 2 is 1.82 bits per heavy atom. The third-order valence-electron chi connectivity index (χ3n) is 7.09. The molecule has 0 saturated carbocycles. The van der Waals surface area contributed by atoms with Gasteiger partial charge in [0.15, 0.2) is 16.6 Å². The van der Waals surface area contributed by atoms with Gasteiger partial charge in [-0.2, -0.15) is 0 Å². The normalized spacial score (nSPS) is 14.2. The van der Waals surface area contributed by atoms with E-state index in [4.69, 9.17) is 9.40 Å². The predicted octanol–water partition coefficient (Wildman–Crippen LogP) is 5.98. The minimum Gasteiger partial charge on any atom is -0.441 e. The van der Waals surface area contributed by atoms with Crippen LogP contribution in [0.1, 0.15) is 34.0 Å². The first-order valence-electron chi connectivity index (χ1n) is 13.1. The van der Waals surface area contributed by atoms with E-state index in [-0.39, 0.29) is 23.5 Å². The van der Waals surface area contributed by atoms with E-state index in [2.05, 4.69) is 15.2 Å². The van der Waals surface area contributed by atoms with Crippen LogP contribution in [0.4, 0.5) is 15.2 Å². The summed E-state index contributed by atoms with van der Waals surface area (Å²) in [4.78, 5) is 40.0. The smallest absolute Gasteiger partial charge is 0.265 e. The number of nitrogens with zero attached hydrogens (tertiary/aromatic N) is 4. The molecular formula is C29H28FN5O3S2. The summed E-state index contributed by atoms with van der Waals surface area (Å²) < 4.78 is 20.0. The van der Waals surface area contributed by atoms with E-state index < -0.39 is 0 Å². The number of hydrogen-bond donors (Lipinski definition) is 1. The zero-order chi connectivity index (χ0) is 27.8. The Labute approximate surface area is 238 Å². The number of thiazole rings is 1. The van der Waals surface area contributed by atoms with Crippen LogP contribution >= 0.6 is 22.7 Å². The molecule has 4 heterocycles. The van der Waals surface area contributed by atoms with Gasteiger partial charge in [-0.05, 0) is 61.2 Å². The number of rotatable bonds is 7. The fourth-order valence-electron chi connectivity index (χ4n) is 4.91. The third kappa shape index (κ3) is 5.57. The minimum absolute atomic E-state index is 0.0760. The summed E-state index contributed by atoms with van der Waals surface area (Å²) in [6, 6.07) is 13.7. The van der Waals surface area contributed by atoms with Gasteiger partial charge in [-0.25, -0.2) is 14.4 Å². The van der Waals surface area contributed by atoms with Crippen molar-refractivity contribution in [2.75, 3.05) is 37.4 Å². The number of carbonyl (C=O) groups excluding carboxylic acids is 2. The highest BCUT2D eigenvalue weighted by molar-refractivity contribution is 7.29. The van der Waals surface area contributed by atoms with E-state index in [9.17, 15) is 14.0 Å². The first kappa shape index (κ1) is 26.4. The molecule has 0 radical (unpaired) electrons. The average Bonchev–Trinajstić information content (AvgIpc) is 3.65. The van der Waals surface area contributed by atoms with Crippen molar-refractivity contribution >= 4 is 65.9 Å². The first-order chi connectivity index (χ1) is 19.3. The van der Waals surface area contributed by atoms with Crippen molar-refractivity contribution in [1.82, 2.24) is 14.9 Å².